The summed E-state index contributed by atoms with van der Waals surface area (Å²) in [4.78, 5) is 24.4. The van der Waals surface area contributed by atoms with E-state index in [9.17, 15) is 27.9 Å². The van der Waals surface area contributed by atoms with Crippen molar-refractivity contribution in [2.24, 2.45) is 5.92 Å². The summed E-state index contributed by atoms with van der Waals surface area (Å²) in [6.45, 7) is 1.78. The van der Waals surface area contributed by atoms with Crippen LogP contribution in [0, 0.1) is 5.92 Å². The second-order valence-electron chi connectivity index (χ2n) is 9.42. The number of rotatable bonds is 10. The monoisotopic (exact) mass is 551 g/mol. The Morgan fingerprint density at radius 3 is 2.20 bits per heavy atom. The topological polar surface area (TPSA) is 84.9 Å². The van der Waals surface area contributed by atoms with E-state index in [0.717, 1.165) is 16.7 Å². The van der Waals surface area contributed by atoms with Crippen LogP contribution in [0.15, 0.2) is 102 Å². The van der Waals surface area contributed by atoms with Gasteiger partial charge in [0.2, 0.25) is 0 Å². The zero-order chi connectivity index (χ0) is 28.7. The predicted molar refractivity (Wildman–Crippen MR) is 143 cm³/mol. The molecule has 3 aromatic rings. The highest BCUT2D eigenvalue weighted by Crippen LogP contribution is 2.32. The summed E-state index contributed by atoms with van der Waals surface area (Å²) in [5.74, 6) is -1.51. The number of carbonyl (C=O) groups is 2. The van der Waals surface area contributed by atoms with Gasteiger partial charge in [-0.2, -0.15) is 0 Å². The third kappa shape index (κ3) is 7.75. The van der Waals surface area contributed by atoms with Gasteiger partial charge in [-0.15, -0.1) is 13.2 Å². The molecule has 208 valence electrons. The van der Waals surface area contributed by atoms with Crippen molar-refractivity contribution >= 4 is 11.9 Å². The fourth-order valence-corrected chi connectivity index (χ4v) is 4.32. The number of halogens is 3. The first-order valence-electron chi connectivity index (χ1n) is 12.7. The predicted octanol–water partition coefficient (Wildman–Crippen LogP) is 6.54. The lowest BCUT2D eigenvalue weighted by Gasteiger charge is -2.23. The van der Waals surface area contributed by atoms with Gasteiger partial charge in [0.15, 0.2) is 0 Å². The number of nitrogens with one attached hydrogen (secondary N) is 1. The van der Waals surface area contributed by atoms with Gasteiger partial charge in [0.25, 0.3) is 5.91 Å². The lowest BCUT2D eigenvalue weighted by Crippen LogP contribution is -2.42. The van der Waals surface area contributed by atoms with Crippen molar-refractivity contribution in [3.63, 3.8) is 0 Å². The molecular weight excluding hydrogens is 523 g/mol. The third-order valence-electron chi connectivity index (χ3n) is 6.51. The van der Waals surface area contributed by atoms with Crippen LogP contribution >= 0.6 is 0 Å². The lowest BCUT2D eigenvalue weighted by atomic mass is 9.93. The van der Waals surface area contributed by atoms with Crippen LogP contribution in [-0.2, 0) is 16.0 Å². The average molecular weight is 552 g/mol. The number of hydrogen-bond acceptors (Lipinski definition) is 4. The molecule has 2 unspecified atom stereocenters. The van der Waals surface area contributed by atoms with E-state index in [1.165, 1.54) is 6.08 Å². The van der Waals surface area contributed by atoms with Crippen molar-refractivity contribution in [2.45, 2.75) is 32.2 Å². The second kappa shape index (κ2) is 12.5. The molecule has 1 aliphatic rings. The minimum atomic E-state index is -4.78. The maximum atomic E-state index is 12.8. The Balaban J connectivity index is 1.38. The van der Waals surface area contributed by atoms with Crippen molar-refractivity contribution in [3.05, 3.63) is 113 Å². The average Bonchev–Trinajstić information content (AvgIpc) is 2.92. The number of aliphatic carboxylic acids is 1. The van der Waals surface area contributed by atoms with Gasteiger partial charge in [0.05, 0.1) is 0 Å². The van der Waals surface area contributed by atoms with Crippen LogP contribution in [0.5, 0.6) is 5.75 Å². The van der Waals surface area contributed by atoms with E-state index >= 15 is 0 Å². The minimum Gasteiger partial charge on any atom is -0.489 e. The van der Waals surface area contributed by atoms with Gasteiger partial charge < -0.3 is 19.9 Å². The van der Waals surface area contributed by atoms with Gasteiger partial charge in [0.1, 0.15) is 24.2 Å². The maximum Gasteiger partial charge on any atom is 0.573 e. The van der Waals surface area contributed by atoms with Gasteiger partial charge in [-0.05, 0) is 59.4 Å². The molecule has 2 atom stereocenters. The number of allylic oxidation sites excluding steroid dienone is 2. The Hall–Kier alpha value is -4.53. The second-order valence-corrected chi connectivity index (χ2v) is 9.42. The van der Waals surface area contributed by atoms with E-state index < -0.39 is 24.3 Å². The first-order chi connectivity index (χ1) is 19.1. The molecule has 0 radical (unpaired) electrons. The molecule has 0 spiro atoms. The smallest absolute Gasteiger partial charge is 0.489 e. The standard InChI is InChI=1S/C31H28F3NO5/c1-20-6-5-9-28(40-31(32,33)34)26(20)19-39-25-16-14-23(15-17-25)22-10-12-24(13-11-22)29(36)35-27(30(37)38)18-21-7-3-2-4-8-21/h2-5,7-17,20,27H,6,18-19H2,1H3,(H,35,36)(H,37,38). The van der Waals surface area contributed by atoms with Crippen molar-refractivity contribution in [1.82, 2.24) is 5.32 Å². The van der Waals surface area contributed by atoms with Crippen molar-refractivity contribution in [1.29, 1.82) is 0 Å². The molecule has 1 amide bonds. The highest BCUT2D eigenvalue weighted by Gasteiger charge is 2.34. The van der Waals surface area contributed by atoms with Crippen LogP contribution < -0.4 is 10.1 Å². The van der Waals surface area contributed by atoms with Gasteiger partial charge in [-0.25, -0.2) is 4.79 Å². The zero-order valence-electron chi connectivity index (χ0n) is 21.7. The fourth-order valence-electron chi connectivity index (χ4n) is 4.32. The molecule has 9 heteroatoms. The van der Waals surface area contributed by atoms with Crippen LogP contribution in [-0.4, -0.2) is 36.0 Å². The Morgan fingerprint density at radius 2 is 1.60 bits per heavy atom. The molecule has 0 aromatic heterocycles. The normalized spacial score (nSPS) is 15.8. The molecule has 0 aliphatic heterocycles. The molecule has 4 rings (SSSR count). The SMILES string of the molecule is CC1CC=CC(OC(F)(F)F)=C1COc1ccc(-c2ccc(C(=O)NC(Cc3ccccc3)C(=O)O)cc2)cc1. The van der Waals surface area contributed by atoms with Crippen LogP contribution in [0.3, 0.4) is 0 Å². The summed E-state index contributed by atoms with van der Waals surface area (Å²) >= 11 is 0. The number of carboxylic acid groups (broad SMARTS) is 1. The molecule has 2 N–H and O–H groups in total. The first kappa shape index (κ1) is 28.5. The molecule has 0 saturated carbocycles. The summed E-state index contributed by atoms with van der Waals surface area (Å²) in [5, 5.41) is 12.1. The number of benzene rings is 3. The van der Waals surface area contributed by atoms with E-state index in [0.29, 0.717) is 23.3 Å². The number of hydrogen-bond donors (Lipinski definition) is 2. The molecule has 40 heavy (non-hydrogen) atoms. The highest BCUT2D eigenvalue weighted by molar-refractivity contribution is 5.97. The Kier molecular flexibility index (Phi) is 8.93. The number of amides is 1. The first-order valence-corrected chi connectivity index (χ1v) is 12.7. The summed E-state index contributed by atoms with van der Waals surface area (Å²) in [7, 11) is 0. The van der Waals surface area contributed by atoms with E-state index in [1.54, 1.807) is 66.7 Å². The van der Waals surface area contributed by atoms with E-state index in [-0.39, 0.29) is 24.7 Å². The fraction of sp³-hybridized carbons (Fsp3) is 0.226. The summed E-state index contributed by atoms with van der Waals surface area (Å²) in [6.07, 6.45) is -1.04. The number of carbonyl (C=O) groups excluding carboxylic acids is 1. The maximum absolute atomic E-state index is 12.8. The third-order valence-corrected chi connectivity index (χ3v) is 6.51. The van der Waals surface area contributed by atoms with Crippen LogP contribution in [0.25, 0.3) is 11.1 Å². The van der Waals surface area contributed by atoms with Crippen LogP contribution in [0.1, 0.15) is 29.3 Å². The molecule has 0 fully saturated rings. The van der Waals surface area contributed by atoms with Crippen molar-refractivity contribution in [2.75, 3.05) is 6.61 Å². The van der Waals surface area contributed by atoms with Gasteiger partial charge in [0, 0.05) is 17.6 Å². The molecule has 0 saturated heterocycles. The summed E-state index contributed by atoms with van der Waals surface area (Å²) in [5.41, 5.74) is 3.21. The number of carboxylic acids is 1. The largest absolute Gasteiger partial charge is 0.573 e. The molecule has 6 nitrogen and oxygen atoms in total. The highest BCUT2D eigenvalue weighted by atomic mass is 19.4. The van der Waals surface area contributed by atoms with Crippen molar-refractivity contribution in [3.8, 4) is 16.9 Å². The number of alkyl halides is 3. The van der Waals surface area contributed by atoms with Crippen LogP contribution in [0.2, 0.25) is 0 Å². The molecule has 0 heterocycles. The van der Waals surface area contributed by atoms with Crippen molar-refractivity contribution < 1.29 is 37.3 Å². The summed E-state index contributed by atoms with van der Waals surface area (Å²) < 4.78 is 48.2. The zero-order valence-corrected chi connectivity index (χ0v) is 21.7. The quantitative estimate of drug-likeness (QED) is 0.299. The van der Waals surface area contributed by atoms with Gasteiger partial charge in [-0.3, -0.25) is 4.79 Å². The van der Waals surface area contributed by atoms with Gasteiger partial charge >= 0.3 is 12.3 Å². The molecule has 3 aromatic carbocycles. The molecular formula is C31H28F3NO5. The Morgan fingerprint density at radius 1 is 0.975 bits per heavy atom. The van der Waals surface area contributed by atoms with E-state index in [2.05, 4.69) is 10.1 Å². The van der Waals surface area contributed by atoms with Gasteiger partial charge in [-0.1, -0.05) is 67.6 Å². The van der Waals surface area contributed by atoms with E-state index in [1.807, 2.05) is 25.1 Å². The Bertz CT molecular complexity index is 1380. The Labute approximate surface area is 229 Å². The summed E-state index contributed by atoms with van der Waals surface area (Å²) in [6, 6.07) is 21.7. The van der Waals surface area contributed by atoms with Crippen LogP contribution in [0.4, 0.5) is 13.2 Å². The molecule has 0 bridgehead atoms. The number of ether oxygens (including phenoxy) is 2. The lowest BCUT2D eigenvalue weighted by molar-refractivity contribution is -0.304. The van der Waals surface area contributed by atoms with E-state index in [4.69, 9.17) is 4.74 Å². The molecule has 1 aliphatic carbocycles. The minimum absolute atomic E-state index is 0.0400.